The highest BCUT2D eigenvalue weighted by atomic mass is 35.5. The Hall–Kier alpha value is -1.81. The van der Waals surface area contributed by atoms with E-state index in [1.54, 1.807) is 24.3 Å². The Morgan fingerprint density at radius 1 is 1.16 bits per heavy atom. The summed E-state index contributed by atoms with van der Waals surface area (Å²) in [7, 11) is 0. The summed E-state index contributed by atoms with van der Waals surface area (Å²) in [5, 5.41) is 4.56. The van der Waals surface area contributed by atoms with Crippen LogP contribution < -0.4 is 21.1 Å². The van der Waals surface area contributed by atoms with Gasteiger partial charge in [0, 0.05) is 18.1 Å². The van der Waals surface area contributed by atoms with Gasteiger partial charge in [-0.15, -0.1) is 0 Å². The summed E-state index contributed by atoms with van der Waals surface area (Å²) in [6.07, 6.45) is -0.389. The molecule has 31 heavy (non-hydrogen) atoms. The Morgan fingerprint density at radius 2 is 1.97 bits per heavy atom. The van der Waals surface area contributed by atoms with Gasteiger partial charge >= 0.3 is 0 Å². The fourth-order valence-corrected chi connectivity index (χ4v) is 4.62. The lowest BCUT2D eigenvalue weighted by atomic mass is 10.0. The van der Waals surface area contributed by atoms with Gasteiger partial charge in [0.1, 0.15) is 6.17 Å². The molecular formula is C20H18Cl3N5O2S. The first-order valence-electron chi connectivity index (χ1n) is 9.42. The molecule has 11 heteroatoms. The van der Waals surface area contributed by atoms with Crippen molar-refractivity contribution in [3.63, 3.8) is 0 Å². The lowest BCUT2D eigenvalue weighted by Crippen LogP contribution is -2.49. The molecule has 3 N–H and O–H groups in total. The van der Waals surface area contributed by atoms with E-state index in [2.05, 4.69) is 21.2 Å². The first kappa shape index (κ1) is 22.4. The maximum Gasteiger partial charge on any atom is 0.241 e. The number of hydrazine groups is 1. The Bertz CT molecular complexity index is 1050. The molecule has 2 aliphatic rings. The van der Waals surface area contributed by atoms with Crippen molar-refractivity contribution < 1.29 is 9.59 Å². The van der Waals surface area contributed by atoms with E-state index in [1.807, 2.05) is 18.2 Å². The third kappa shape index (κ3) is 5.00. The van der Waals surface area contributed by atoms with Gasteiger partial charge in [-0.1, -0.05) is 64.8 Å². The summed E-state index contributed by atoms with van der Waals surface area (Å²) in [5.74, 6) is -0.601. The molecule has 0 saturated carbocycles. The highest BCUT2D eigenvalue weighted by Crippen LogP contribution is 2.33. The standard InChI is InChI=1S/C20H18Cl3N5O2S/c21-14-4-2-1-3-11(14)8-24-17(29)10-31-20-26-18-13(9-25-27-18)19(30)28(20)12-5-6-15(22)16(23)7-12/h1-7,13,18,25,27H,8-10H2,(H,24,29). The van der Waals surface area contributed by atoms with E-state index in [-0.39, 0.29) is 29.7 Å². The summed E-state index contributed by atoms with van der Waals surface area (Å²) in [4.78, 5) is 31.7. The van der Waals surface area contributed by atoms with Gasteiger partial charge in [-0.3, -0.25) is 19.9 Å². The zero-order chi connectivity index (χ0) is 22.0. The van der Waals surface area contributed by atoms with Crippen LogP contribution in [0.15, 0.2) is 47.5 Å². The molecule has 2 heterocycles. The summed E-state index contributed by atoms with van der Waals surface area (Å²) < 4.78 is 0. The van der Waals surface area contributed by atoms with E-state index in [0.29, 0.717) is 39.0 Å². The molecule has 7 nitrogen and oxygen atoms in total. The van der Waals surface area contributed by atoms with Gasteiger partial charge < -0.3 is 5.32 Å². The van der Waals surface area contributed by atoms with Crippen LogP contribution in [0.2, 0.25) is 15.1 Å². The lowest BCUT2D eigenvalue weighted by Gasteiger charge is -2.32. The minimum atomic E-state index is -0.389. The first-order valence-corrected chi connectivity index (χ1v) is 11.5. The number of thioether (sulfide) groups is 1. The van der Waals surface area contributed by atoms with Gasteiger partial charge in [-0.25, -0.2) is 10.4 Å². The molecule has 0 aliphatic carbocycles. The second-order valence-electron chi connectivity index (χ2n) is 6.92. The van der Waals surface area contributed by atoms with Crippen molar-refractivity contribution in [1.82, 2.24) is 16.2 Å². The van der Waals surface area contributed by atoms with Crippen LogP contribution in [0.25, 0.3) is 0 Å². The van der Waals surface area contributed by atoms with Gasteiger partial charge in [0.15, 0.2) is 5.17 Å². The van der Waals surface area contributed by atoms with Crippen molar-refractivity contribution in [2.75, 3.05) is 17.2 Å². The van der Waals surface area contributed by atoms with E-state index in [9.17, 15) is 9.59 Å². The molecule has 0 radical (unpaired) electrons. The molecule has 0 spiro atoms. The van der Waals surface area contributed by atoms with Gasteiger partial charge in [-0.2, -0.15) is 0 Å². The summed E-state index contributed by atoms with van der Waals surface area (Å²) in [6, 6.07) is 12.3. The Kier molecular flexibility index (Phi) is 7.05. The van der Waals surface area contributed by atoms with Crippen molar-refractivity contribution in [3.8, 4) is 0 Å². The molecule has 2 aromatic rings. The van der Waals surface area contributed by atoms with Crippen LogP contribution in [0.1, 0.15) is 5.56 Å². The van der Waals surface area contributed by atoms with E-state index in [0.717, 1.165) is 5.56 Å². The zero-order valence-corrected chi connectivity index (χ0v) is 19.2. The van der Waals surface area contributed by atoms with Gasteiger partial charge in [-0.05, 0) is 29.8 Å². The predicted octanol–water partition coefficient (Wildman–Crippen LogP) is 3.45. The number of rotatable bonds is 5. The highest BCUT2D eigenvalue weighted by Gasteiger charge is 2.42. The molecule has 2 aromatic carbocycles. The average molecular weight is 499 g/mol. The number of fused-ring (bicyclic) bond motifs is 1. The topological polar surface area (TPSA) is 85.8 Å². The fraction of sp³-hybridized carbons (Fsp3) is 0.250. The first-order chi connectivity index (χ1) is 14.9. The van der Waals surface area contributed by atoms with Crippen LogP contribution in [-0.4, -0.2) is 35.4 Å². The minimum absolute atomic E-state index is 0.0825. The Balaban J connectivity index is 1.48. The van der Waals surface area contributed by atoms with Crippen LogP contribution in [0.4, 0.5) is 5.69 Å². The maximum atomic E-state index is 13.2. The number of benzene rings is 2. The van der Waals surface area contributed by atoms with E-state index in [4.69, 9.17) is 34.8 Å². The van der Waals surface area contributed by atoms with Crippen molar-refractivity contribution >= 4 is 69.2 Å². The highest BCUT2D eigenvalue weighted by molar-refractivity contribution is 8.14. The van der Waals surface area contributed by atoms with Gasteiger partial charge in [0.2, 0.25) is 11.8 Å². The lowest BCUT2D eigenvalue weighted by molar-refractivity contribution is -0.121. The van der Waals surface area contributed by atoms with E-state index >= 15 is 0 Å². The number of carbonyl (C=O) groups is 2. The molecule has 4 rings (SSSR count). The van der Waals surface area contributed by atoms with Crippen molar-refractivity contribution in [1.29, 1.82) is 0 Å². The number of nitrogens with zero attached hydrogens (tertiary/aromatic N) is 2. The molecule has 2 unspecified atom stereocenters. The van der Waals surface area contributed by atoms with Crippen molar-refractivity contribution in [3.05, 3.63) is 63.1 Å². The summed E-state index contributed by atoms with van der Waals surface area (Å²) in [5.41, 5.74) is 7.33. The number of hydrogen-bond donors (Lipinski definition) is 3. The molecule has 0 bridgehead atoms. The van der Waals surface area contributed by atoms with E-state index < -0.39 is 0 Å². The number of hydrogen-bond acceptors (Lipinski definition) is 6. The fourth-order valence-electron chi connectivity index (χ4n) is 3.25. The van der Waals surface area contributed by atoms with Crippen LogP contribution in [0.3, 0.4) is 0 Å². The average Bonchev–Trinajstić information content (AvgIpc) is 3.23. The van der Waals surface area contributed by atoms with Crippen LogP contribution >= 0.6 is 46.6 Å². The van der Waals surface area contributed by atoms with Crippen molar-refractivity contribution in [2.24, 2.45) is 10.9 Å². The number of halogens is 3. The third-order valence-corrected chi connectivity index (χ3v) is 6.92. The Labute approximate surface area is 198 Å². The smallest absolute Gasteiger partial charge is 0.241 e. The minimum Gasteiger partial charge on any atom is -0.351 e. The van der Waals surface area contributed by atoms with Crippen molar-refractivity contribution in [2.45, 2.75) is 12.7 Å². The molecule has 0 aromatic heterocycles. The maximum absolute atomic E-state index is 13.2. The monoisotopic (exact) mass is 497 g/mol. The largest absolute Gasteiger partial charge is 0.351 e. The second kappa shape index (κ2) is 9.77. The normalized spacial score (nSPS) is 20.4. The van der Waals surface area contributed by atoms with Crippen LogP contribution in [0, 0.1) is 5.92 Å². The molecule has 2 atom stereocenters. The number of amidine groups is 1. The molecule has 2 amide bonds. The molecule has 1 saturated heterocycles. The number of aliphatic imine (C=N–C) groups is 1. The SMILES string of the molecule is O=C(CSC1=NC2NNCC2C(=O)N1c1ccc(Cl)c(Cl)c1)NCc1ccccc1Cl. The zero-order valence-electron chi connectivity index (χ0n) is 16.1. The molecule has 162 valence electrons. The molecular weight excluding hydrogens is 481 g/mol. The Morgan fingerprint density at radius 3 is 2.74 bits per heavy atom. The molecule has 2 aliphatic heterocycles. The number of nitrogens with one attached hydrogen (secondary N) is 3. The summed E-state index contributed by atoms with van der Waals surface area (Å²) >= 11 is 19.5. The van der Waals surface area contributed by atoms with Gasteiger partial charge in [0.05, 0.1) is 27.4 Å². The summed E-state index contributed by atoms with van der Waals surface area (Å²) in [6.45, 7) is 0.776. The van der Waals surface area contributed by atoms with Gasteiger partial charge in [0.25, 0.3) is 0 Å². The number of anilines is 1. The predicted molar refractivity (Wildman–Crippen MR) is 126 cm³/mol. The second-order valence-corrected chi connectivity index (χ2v) is 9.08. The number of amides is 2. The number of carbonyl (C=O) groups excluding carboxylic acids is 2. The molecule has 1 fully saturated rings. The third-order valence-electron chi connectivity index (χ3n) is 4.86. The quantitative estimate of drug-likeness (QED) is 0.588. The van der Waals surface area contributed by atoms with E-state index in [1.165, 1.54) is 16.7 Å². The van der Waals surface area contributed by atoms with Crippen LogP contribution in [0.5, 0.6) is 0 Å². The van der Waals surface area contributed by atoms with Crippen LogP contribution in [-0.2, 0) is 16.1 Å².